The lowest BCUT2D eigenvalue weighted by Crippen LogP contribution is -1.94. The van der Waals surface area contributed by atoms with Gasteiger partial charge in [0.2, 0.25) is 0 Å². The molecule has 0 atom stereocenters. The first-order valence-corrected chi connectivity index (χ1v) is 5.82. The number of anilines is 1. The molecular formula is C13H8BrFN2O. The van der Waals surface area contributed by atoms with Crippen LogP contribution >= 0.6 is 15.9 Å². The summed E-state index contributed by atoms with van der Waals surface area (Å²) in [5.74, 6) is -0.222. The Morgan fingerprint density at radius 3 is 2.61 bits per heavy atom. The Kier molecular flexibility index (Phi) is 3.49. The van der Waals surface area contributed by atoms with E-state index in [0.717, 1.165) is 10.5 Å². The first-order valence-electron chi connectivity index (χ1n) is 5.02. The Hall–Kier alpha value is -2.06. The van der Waals surface area contributed by atoms with Crippen molar-refractivity contribution in [2.45, 2.75) is 0 Å². The molecule has 0 aliphatic rings. The van der Waals surface area contributed by atoms with Gasteiger partial charge in [-0.15, -0.1) is 0 Å². The summed E-state index contributed by atoms with van der Waals surface area (Å²) in [5.41, 5.74) is 6.37. The molecule has 0 aromatic heterocycles. The largest absolute Gasteiger partial charge is 0.452 e. The molecule has 2 N–H and O–H groups in total. The van der Waals surface area contributed by atoms with Gasteiger partial charge in [-0.1, -0.05) is 15.9 Å². The van der Waals surface area contributed by atoms with Gasteiger partial charge in [-0.3, -0.25) is 0 Å². The third kappa shape index (κ3) is 2.60. The number of benzene rings is 2. The van der Waals surface area contributed by atoms with Gasteiger partial charge in [-0.25, -0.2) is 4.39 Å². The van der Waals surface area contributed by atoms with E-state index in [4.69, 9.17) is 15.7 Å². The number of ether oxygens (including phenoxy) is 1. The lowest BCUT2D eigenvalue weighted by molar-refractivity contribution is 0.444. The summed E-state index contributed by atoms with van der Waals surface area (Å²) in [6.45, 7) is 0. The molecule has 0 unspecified atom stereocenters. The molecule has 0 aliphatic carbocycles. The number of nitrogen functional groups attached to an aromatic ring is 1. The Morgan fingerprint density at radius 2 is 1.94 bits per heavy atom. The molecule has 90 valence electrons. The zero-order valence-corrected chi connectivity index (χ0v) is 10.7. The minimum Gasteiger partial charge on any atom is -0.452 e. The standard InChI is InChI=1S/C13H8BrFN2O/c14-9-2-3-11(17)13(6-9)18-12-4-1-8(7-16)5-10(12)15/h1-6H,17H2. The van der Waals surface area contributed by atoms with Crippen LogP contribution in [0.5, 0.6) is 11.5 Å². The monoisotopic (exact) mass is 306 g/mol. The SMILES string of the molecule is N#Cc1ccc(Oc2cc(Br)ccc2N)c(F)c1. The van der Waals surface area contributed by atoms with Crippen molar-refractivity contribution >= 4 is 21.6 Å². The van der Waals surface area contributed by atoms with Crippen LogP contribution in [0.2, 0.25) is 0 Å². The van der Waals surface area contributed by atoms with Gasteiger partial charge in [-0.2, -0.15) is 5.26 Å². The van der Waals surface area contributed by atoms with E-state index in [-0.39, 0.29) is 11.3 Å². The minimum absolute atomic E-state index is 0.0267. The van der Waals surface area contributed by atoms with Gasteiger partial charge in [-0.05, 0) is 36.4 Å². The van der Waals surface area contributed by atoms with E-state index in [1.165, 1.54) is 12.1 Å². The molecule has 18 heavy (non-hydrogen) atoms. The predicted octanol–water partition coefficient (Wildman–Crippen LogP) is 3.83. The number of hydrogen-bond acceptors (Lipinski definition) is 3. The van der Waals surface area contributed by atoms with Gasteiger partial charge in [0.15, 0.2) is 17.3 Å². The zero-order valence-electron chi connectivity index (χ0n) is 9.15. The van der Waals surface area contributed by atoms with Crippen LogP contribution in [0.3, 0.4) is 0 Å². The molecule has 0 amide bonds. The van der Waals surface area contributed by atoms with E-state index in [1.54, 1.807) is 18.2 Å². The third-order valence-corrected chi connectivity index (χ3v) is 2.75. The first kappa shape index (κ1) is 12.4. The summed E-state index contributed by atoms with van der Waals surface area (Å²) in [4.78, 5) is 0. The summed E-state index contributed by atoms with van der Waals surface area (Å²) < 4.78 is 19.8. The zero-order chi connectivity index (χ0) is 13.1. The van der Waals surface area contributed by atoms with Crippen LogP contribution in [0.25, 0.3) is 0 Å². The van der Waals surface area contributed by atoms with Crippen LogP contribution in [0.1, 0.15) is 5.56 Å². The number of rotatable bonds is 2. The van der Waals surface area contributed by atoms with Crippen LogP contribution in [0.4, 0.5) is 10.1 Å². The van der Waals surface area contributed by atoms with E-state index in [0.29, 0.717) is 11.4 Å². The smallest absolute Gasteiger partial charge is 0.167 e. The summed E-state index contributed by atoms with van der Waals surface area (Å²) in [6, 6.07) is 10.9. The lowest BCUT2D eigenvalue weighted by atomic mass is 10.2. The molecule has 0 spiro atoms. The van der Waals surface area contributed by atoms with E-state index >= 15 is 0 Å². The topological polar surface area (TPSA) is 59.0 Å². The van der Waals surface area contributed by atoms with Gasteiger partial charge in [0.05, 0.1) is 17.3 Å². The Morgan fingerprint density at radius 1 is 1.17 bits per heavy atom. The number of halogens is 2. The fraction of sp³-hybridized carbons (Fsp3) is 0. The van der Waals surface area contributed by atoms with Gasteiger partial charge in [0.25, 0.3) is 0 Å². The van der Waals surface area contributed by atoms with Crippen LogP contribution in [-0.2, 0) is 0 Å². The molecule has 0 fully saturated rings. The maximum Gasteiger partial charge on any atom is 0.167 e. The molecule has 0 saturated carbocycles. The van der Waals surface area contributed by atoms with Crippen LogP contribution in [0, 0.1) is 17.1 Å². The quantitative estimate of drug-likeness (QED) is 0.858. The average molecular weight is 307 g/mol. The Balaban J connectivity index is 2.34. The van der Waals surface area contributed by atoms with E-state index in [1.807, 2.05) is 6.07 Å². The fourth-order valence-electron chi connectivity index (χ4n) is 1.37. The van der Waals surface area contributed by atoms with Crippen molar-refractivity contribution in [3.63, 3.8) is 0 Å². The molecule has 0 aliphatic heterocycles. The van der Waals surface area contributed by atoms with Gasteiger partial charge >= 0.3 is 0 Å². The van der Waals surface area contributed by atoms with E-state index in [2.05, 4.69) is 15.9 Å². The number of hydrogen-bond donors (Lipinski definition) is 1. The second kappa shape index (κ2) is 5.07. The summed E-state index contributed by atoms with van der Waals surface area (Å²) in [6.07, 6.45) is 0. The number of nitriles is 1. The van der Waals surface area contributed by atoms with Crippen molar-refractivity contribution in [3.8, 4) is 17.6 Å². The van der Waals surface area contributed by atoms with Gasteiger partial charge in [0, 0.05) is 4.47 Å². The molecule has 3 nitrogen and oxygen atoms in total. The Labute approximate surface area is 112 Å². The van der Waals surface area contributed by atoms with Crippen LogP contribution < -0.4 is 10.5 Å². The van der Waals surface area contributed by atoms with Gasteiger partial charge in [0.1, 0.15) is 0 Å². The normalized spacial score (nSPS) is 9.83. The molecule has 0 radical (unpaired) electrons. The first-order chi connectivity index (χ1) is 8.60. The number of nitrogens with two attached hydrogens (primary N) is 1. The summed E-state index contributed by atoms with van der Waals surface area (Å²) in [5, 5.41) is 8.64. The maximum absolute atomic E-state index is 13.6. The van der Waals surface area contributed by atoms with E-state index < -0.39 is 5.82 Å². The number of nitrogens with zero attached hydrogens (tertiary/aromatic N) is 1. The highest BCUT2D eigenvalue weighted by molar-refractivity contribution is 9.10. The molecule has 2 rings (SSSR count). The third-order valence-electron chi connectivity index (χ3n) is 2.26. The lowest BCUT2D eigenvalue weighted by Gasteiger charge is -2.09. The second-order valence-electron chi connectivity index (χ2n) is 3.54. The van der Waals surface area contributed by atoms with Crippen LogP contribution in [-0.4, -0.2) is 0 Å². The van der Waals surface area contributed by atoms with E-state index in [9.17, 15) is 4.39 Å². The van der Waals surface area contributed by atoms with Crippen molar-refractivity contribution < 1.29 is 9.13 Å². The minimum atomic E-state index is -0.603. The summed E-state index contributed by atoms with van der Waals surface area (Å²) >= 11 is 3.28. The molecular weight excluding hydrogens is 299 g/mol. The molecule has 2 aromatic carbocycles. The molecule has 5 heteroatoms. The molecule has 0 bridgehead atoms. The second-order valence-corrected chi connectivity index (χ2v) is 4.46. The van der Waals surface area contributed by atoms with Crippen LogP contribution in [0.15, 0.2) is 40.9 Å². The predicted molar refractivity (Wildman–Crippen MR) is 69.7 cm³/mol. The average Bonchev–Trinajstić information content (AvgIpc) is 2.36. The fourth-order valence-corrected chi connectivity index (χ4v) is 1.71. The molecule has 0 saturated heterocycles. The highest BCUT2D eigenvalue weighted by Crippen LogP contribution is 2.31. The molecule has 0 heterocycles. The summed E-state index contributed by atoms with van der Waals surface area (Å²) in [7, 11) is 0. The molecule has 2 aromatic rings. The van der Waals surface area contributed by atoms with Crippen molar-refractivity contribution in [2.75, 3.05) is 5.73 Å². The van der Waals surface area contributed by atoms with Crippen molar-refractivity contribution in [2.24, 2.45) is 0 Å². The highest BCUT2D eigenvalue weighted by Gasteiger charge is 2.08. The maximum atomic E-state index is 13.6. The highest BCUT2D eigenvalue weighted by atomic mass is 79.9. The van der Waals surface area contributed by atoms with Crippen molar-refractivity contribution in [3.05, 3.63) is 52.3 Å². The Bertz CT molecular complexity index is 637. The van der Waals surface area contributed by atoms with Crippen molar-refractivity contribution in [1.29, 1.82) is 5.26 Å². The van der Waals surface area contributed by atoms with Gasteiger partial charge < -0.3 is 10.5 Å². The van der Waals surface area contributed by atoms with Crippen molar-refractivity contribution in [1.82, 2.24) is 0 Å².